The first-order chi connectivity index (χ1) is 8.51. The molecule has 0 aromatic heterocycles. The Labute approximate surface area is 113 Å². The molecule has 1 amide bonds. The summed E-state index contributed by atoms with van der Waals surface area (Å²) in [4.78, 5) is 14.1. The molecule has 0 aromatic rings. The van der Waals surface area contributed by atoms with Crippen molar-refractivity contribution in [3.8, 4) is 0 Å². The number of hydrogen-bond donors (Lipinski definition) is 0. The average molecular weight is 300 g/mol. The zero-order valence-electron chi connectivity index (χ0n) is 11.3. The predicted octanol–water partition coefficient (Wildman–Crippen LogP) is 0.850. The van der Waals surface area contributed by atoms with Gasteiger partial charge in [-0.25, -0.2) is 0 Å². The van der Waals surface area contributed by atoms with E-state index in [9.17, 15) is 22.2 Å². The molecule has 0 bridgehead atoms. The summed E-state index contributed by atoms with van der Waals surface area (Å²) >= 11 is 0. The Morgan fingerprint density at radius 3 is 2.47 bits per heavy atom. The second kappa shape index (κ2) is 5.78. The van der Waals surface area contributed by atoms with Crippen molar-refractivity contribution >= 4 is 16.7 Å². The van der Waals surface area contributed by atoms with E-state index >= 15 is 0 Å². The largest absolute Gasteiger partial charge is 0.406 e. The lowest BCUT2D eigenvalue weighted by Gasteiger charge is -2.37. The standard InChI is InChI=1S/C11H19F3N2O2S/c1-10(2)7-16(4-5-19(10)18)6-9(17)15(3)8-11(12,13)14/h4-8H2,1-3H3/t19-/m1/s1. The molecule has 0 unspecified atom stereocenters. The third-order valence-electron chi connectivity index (χ3n) is 3.01. The molecule has 1 aliphatic heterocycles. The molecule has 0 radical (unpaired) electrons. The maximum atomic E-state index is 12.2. The number of carbonyl (C=O) groups is 1. The average Bonchev–Trinajstić information content (AvgIpc) is 2.20. The van der Waals surface area contributed by atoms with Gasteiger partial charge in [-0.1, -0.05) is 0 Å². The summed E-state index contributed by atoms with van der Waals surface area (Å²) < 4.78 is 47.8. The maximum absolute atomic E-state index is 12.2. The van der Waals surface area contributed by atoms with Crippen molar-refractivity contribution in [2.45, 2.75) is 24.8 Å². The topological polar surface area (TPSA) is 40.6 Å². The van der Waals surface area contributed by atoms with Crippen molar-refractivity contribution in [2.24, 2.45) is 0 Å². The summed E-state index contributed by atoms with van der Waals surface area (Å²) in [6.07, 6.45) is -4.38. The van der Waals surface area contributed by atoms with Gasteiger partial charge in [0.2, 0.25) is 5.91 Å². The van der Waals surface area contributed by atoms with Crippen LogP contribution < -0.4 is 0 Å². The second-order valence-corrected chi connectivity index (χ2v) is 7.59. The SMILES string of the molecule is CN(CC(F)(F)F)C(=O)CN1CC[S@@](=O)C(C)(C)C1. The smallest absolute Gasteiger partial charge is 0.336 e. The van der Waals surface area contributed by atoms with Crippen LogP contribution in [0.25, 0.3) is 0 Å². The fourth-order valence-corrected chi connectivity index (χ4v) is 3.29. The van der Waals surface area contributed by atoms with Gasteiger partial charge in [0.15, 0.2) is 0 Å². The van der Waals surface area contributed by atoms with Crippen LogP contribution in [0.1, 0.15) is 13.8 Å². The number of amides is 1. The third kappa shape index (κ3) is 5.10. The van der Waals surface area contributed by atoms with Crippen LogP contribution in [0, 0.1) is 0 Å². The van der Waals surface area contributed by atoms with Crippen LogP contribution >= 0.6 is 0 Å². The summed E-state index contributed by atoms with van der Waals surface area (Å²) in [7, 11) is 0.183. The van der Waals surface area contributed by atoms with Gasteiger partial charge in [0.1, 0.15) is 6.54 Å². The number of carbonyl (C=O) groups excluding carboxylic acids is 1. The molecule has 1 aliphatic rings. The summed E-state index contributed by atoms with van der Waals surface area (Å²) in [5, 5.41) is 0. The molecule has 8 heteroatoms. The first-order valence-corrected chi connectivity index (χ1v) is 7.25. The van der Waals surface area contributed by atoms with E-state index in [1.165, 1.54) is 0 Å². The zero-order chi connectivity index (χ0) is 14.8. The lowest BCUT2D eigenvalue weighted by molar-refractivity contribution is -0.159. The summed E-state index contributed by atoms with van der Waals surface area (Å²) in [5.74, 6) is -0.121. The van der Waals surface area contributed by atoms with Crippen LogP contribution in [0.2, 0.25) is 0 Å². The van der Waals surface area contributed by atoms with Crippen LogP contribution in [0.15, 0.2) is 0 Å². The highest BCUT2D eigenvalue weighted by atomic mass is 32.2. The van der Waals surface area contributed by atoms with E-state index in [0.717, 1.165) is 7.05 Å². The molecule has 0 aromatic carbocycles. The first kappa shape index (κ1) is 16.4. The lowest BCUT2D eigenvalue weighted by Crippen LogP contribution is -2.53. The molecule has 1 atom stereocenters. The van der Waals surface area contributed by atoms with Gasteiger partial charge in [-0.15, -0.1) is 0 Å². The van der Waals surface area contributed by atoms with E-state index in [2.05, 4.69) is 0 Å². The molecular formula is C11H19F3N2O2S. The lowest BCUT2D eigenvalue weighted by atomic mass is 10.2. The van der Waals surface area contributed by atoms with Crippen molar-refractivity contribution in [3.63, 3.8) is 0 Å². The highest BCUT2D eigenvalue weighted by Crippen LogP contribution is 2.20. The minimum Gasteiger partial charge on any atom is -0.336 e. The van der Waals surface area contributed by atoms with Crippen LogP contribution in [0.3, 0.4) is 0 Å². The molecular weight excluding hydrogens is 281 g/mol. The van der Waals surface area contributed by atoms with E-state index in [4.69, 9.17) is 0 Å². The second-order valence-electron chi connectivity index (χ2n) is 5.38. The molecule has 1 rings (SSSR count). The van der Waals surface area contributed by atoms with Gasteiger partial charge >= 0.3 is 6.18 Å². The number of alkyl halides is 3. The molecule has 0 aliphatic carbocycles. The molecule has 0 saturated carbocycles. The van der Waals surface area contributed by atoms with Gasteiger partial charge in [-0.3, -0.25) is 13.9 Å². The van der Waals surface area contributed by atoms with Crippen LogP contribution in [-0.2, 0) is 15.6 Å². The molecule has 19 heavy (non-hydrogen) atoms. The zero-order valence-corrected chi connectivity index (χ0v) is 12.1. The number of halogens is 3. The van der Waals surface area contributed by atoms with Crippen LogP contribution in [0.5, 0.6) is 0 Å². The number of rotatable bonds is 3. The Hall–Kier alpha value is -0.630. The molecule has 0 N–H and O–H groups in total. The summed E-state index contributed by atoms with van der Waals surface area (Å²) in [6.45, 7) is 3.29. The summed E-state index contributed by atoms with van der Waals surface area (Å²) in [6, 6.07) is 0. The third-order valence-corrected chi connectivity index (χ3v) is 4.93. The van der Waals surface area contributed by atoms with Crippen molar-refractivity contribution in [1.29, 1.82) is 0 Å². The van der Waals surface area contributed by atoms with E-state index in [0.29, 0.717) is 23.7 Å². The first-order valence-electron chi connectivity index (χ1n) is 5.93. The molecule has 112 valence electrons. The van der Waals surface area contributed by atoms with E-state index < -0.39 is 34.2 Å². The monoisotopic (exact) mass is 300 g/mol. The summed E-state index contributed by atoms with van der Waals surface area (Å²) in [5.41, 5.74) is 0. The Morgan fingerprint density at radius 1 is 1.42 bits per heavy atom. The minimum atomic E-state index is -4.38. The van der Waals surface area contributed by atoms with Gasteiger partial charge in [0.05, 0.1) is 11.3 Å². The van der Waals surface area contributed by atoms with Crippen molar-refractivity contribution < 1.29 is 22.2 Å². The molecule has 1 fully saturated rings. The number of nitrogens with zero attached hydrogens (tertiary/aromatic N) is 2. The van der Waals surface area contributed by atoms with Crippen molar-refractivity contribution in [2.75, 3.05) is 39.0 Å². The van der Waals surface area contributed by atoms with Gasteiger partial charge in [0.25, 0.3) is 0 Å². The van der Waals surface area contributed by atoms with Crippen molar-refractivity contribution in [3.05, 3.63) is 0 Å². The Morgan fingerprint density at radius 2 is 2.00 bits per heavy atom. The molecule has 4 nitrogen and oxygen atoms in total. The maximum Gasteiger partial charge on any atom is 0.406 e. The number of hydrogen-bond acceptors (Lipinski definition) is 3. The Balaban J connectivity index is 2.51. The highest BCUT2D eigenvalue weighted by molar-refractivity contribution is 7.86. The highest BCUT2D eigenvalue weighted by Gasteiger charge is 2.35. The van der Waals surface area contributed by atoms with E-state index in [1.807, 2.05) is 13.8 Å². The van der Waals surface area contributed by atoms with E-state index in [-0.39, 0.29) is 6.54 Å². The number of likely N-dealkylation sites (N-methyl/N-ethyl adjacent to an activating group) is 1. The molecule has 0 spiro atoms. The van der Waals surface area contributed by atoms with Crippen LogP contribution in [0.4, 0.5) is 13.2 Å². The fourth-order valence-electron chi connectivity index (χ4n) is 1.98. The van der Waals surface area contributed by atoms with Gasteiger partial charge in [-0.2, -0.15) is 13.2 Å². The quantitative estimate of drug-likeness (QED) is 0.776. The Bertz CT molecular complexity index is 371. The van der Waals surface area contributed by atoms with Gasteiger partial charge in [0, 0.05) is 36.7 Å². The van der Waals surface area contributed by atoms with E-state index in [1.54, 1.807) is 4.90 Å². The van der Waals surface area contributed by atoms with Gasteiger partial charge < -0.3 is 4.90 Å². The van der Waals surface area contributed by atoms with Crippen LogP contribution in [-0.4, -0.2) is 69.8 Å². The molecule has 1 heterocycles. The van der Waals surface area contributed by atoms with Crippen molar-refractivity contribution in [1.82, 2.24) is 9.80 Å². The predicted molar refractivity (Wildman–Crippen MR) is 67.2 cm³/mol. The molecule has 1 saturated heterocycles. The van der Waals surface area contributed by atoms with Gasteiger partial charge in [-0.05, 0) is 13.8 Å². The minimum absolute atomic E-state index is 0.0623. The fraction of sp³-hybridized carbons (Fsp3) is 0.909. The normalized spacial score (nSPS) is 24.2. The Kier molecular flexibility index (Phi) is 5.00.